The fourth-order valence-corrected chi connectivity index (χ4v) is 4.45. The predicted octanol–water partition coefficient (Wildman–Crippen LogP) is 0.804. The Morgan fingerprint density at radius 2 is 1.83 bits per heavy atom. The lowest BCUT2D eigenvalue weighted by Gasteiger charge is -2.26. The van der Waals surface area contributed by atoms with Gasteiger partial charge >= 0.3 is 14.8 Å². The van der Waals surface area contributed by atoms with Gasteiger partial charge in [0.25, 0.3) is 6.47 Å². The molecule has 0 aromatic rings. The summed E-state index contributed by atoms with van der Waals surface area (Å²) in [7, 11) is 2.40. The summed E-state index contributed by atoms with van der Waals surface area (Å²) in [5.41, 5.74) is -0.402. The molecule has 0 amide bonds. The molecule has 0 aromatic carbocycles. The number of nitrogens with zero attached hydrogens (tertiary/aromatic N) is 2. The van der Waals surface area contributed by atoms with Gasteiger partial charge in [-0.25, -0.2) is 4.79 Å². The van der Waals surface area contributed by atoms with Gasteiger partial charge in [0.05, 0.1) is 19.6 Å². The van der Waals surface area contributed by atoms with Crippen LogP contribution in [0.1, 0.15) is 47.5 Å². The first kappa shape index (κ1) is 30.7. The third-order valence-electron chi connectivity index (χ3n) is 4.69. The number of carbonyl (C=O) groups is 2. The number of hydrogen-bond donors (Lipinski definition) is 0. The molecule has 0 radical (unpaired) electrons. The minimum atomic E-state index is -2.50. The number of carbonyl (C=O) groups excluding carboxylic acids is 2. The lowest BCUT2D eigenvalue weighted by atomic mass is 10.1. The smallest absolute Gasteiger partial charge is 0.500 e. The van der Waals surface area contributed by atoms with Crippen LogP contribution in [0.3, 0.4) is 0 Å². The number of rotatable bonds is 12. The van der Waals surface area contributed by atoms with Crippen LogP contribution in [0.4, 0.5) is 0 Å². The van der Waals surface area contributed by atoms with E-state index in [0.29, 0.717) is 6.54 Å². The molecule has 0 N–H and O–H groups in total. The average molecular weight is 453 g/mol. The number of hydrogen-bond acceptors (Lipinski definition) is 9. The molecule has 0 spiro atoms. The van der Waals surface area contributed by atoms with Crippen LogP contribution in [0.2, 0.25) is 6.04 Å². The quantitative estimate of drug-likeness (QED) is 0.106. The highest BCUT2D eigenvalue weighted by Gasteiger charge is 2.37. The second-order valence-corrected chi connectivity index (χ2v) is 10.2. The Morgan fingerprint density at radius 3 is 2.30 bits per heavy atom. The highest BCUT2D eigenvalue weighted by Crippen LogP contribution is 2.16. The number of esters is 1. The Bertz CT molecular complexity index is 504. The molecule has 30 heavy (non-hydrogen) atoms. The molecule has 1 heterocycles. The monoisotopic (exact) mass is 452 g/mol. The molecule has 0 fully saturated rings. The van der Waals surface area contributed by atoms with Gasteiger partial charge in [-0.15, -0.1) is 0 Å². The molecule has 0 aromatic heterocycles. The zero-order chi connectivity index (χ0) is 22.3. The first-order valence-electron chi connectivity index (χ1n) is 9.64. The molecule has 11 heteroatoms. The molecule has 0 aliphatic carbocycles. The van der Waals surface area contributed by atoms with E-state index in [1.807, 2.05) is 31.7 Å². The third-order valence-corrected chi connectivity index (χ3v) is 7.52. The van der Waals surface area contributed by atoms with Gasteiger partial charge in [0, 0.05) is 33.8 Å². The fourth-order valence-electron chi connectivity index (χ4n) is 2.75. The molecule has 0 atom stereocenters. The van der Waals surface area contributed by atoms with Crippen LogP contribution in [0, 0.1) is 0 Å². The first-order valence-corrected chi connectivity index (χ1v) is 11.6. The fraction of sp³-hybridized carbons (Fsp3) is 0.842. The van der Waals surface area contributed by atoms with E-state index < -0.39 is 14.4 Å². The van der Waals surface area contributed by atoms with Gasteiger partial charge in [-0.05, 0) is 26.7 Å². The Labute approximate surface area is 182 Å². The predicted molar refractivity (Wildman–Crippen MR) is 113 cm³/mol. The van der Waals surface area contributed by atoms with Gasteiger partial charge in [-0.1, -0.05) is 14.4 Å². The summed E-state index contributed by atoms with van der Waals surface area (Å²) in [5, 5.41) is 8.43. The summed E-state index contributed by atoms with van der Waals surface area (Å²) >= 11 is 0. The van der Waals surface area contributed by atoms with Crippen LogP contribution in [0.15, 0.2) is 0 Å². The van der Waals surface area contributed by atoms with Crippen LogP contribution in [-0.2, 0) is 32.5 Å². The molecule has 0 bridgehead atoms. The van der Waals surface area contributed by atoms with Gasteiger partial charge in [0.1, 0.15) is 5.60 Å². The standard InChI is InChI=1S/C17H35N2O5Si.CH2O3.CH4/c1-7-17(2,3)24-16(20)14-19-11-8-10-18(15-19)12-9-13-25(21-4,22-5)23-6;2-1-4-3;/h15H,7-14H2,1-6H3;1,3H;1H4/q+1;;/p-1. The van der Waals surface area contributed by atoms with Crippen molar-refractivity contribution in [2.75, 3.05) is 47.5 Å². The maximum absolute atomic E-state index is 12.1. The topological polar surface area (TPSA) is 110 Å². The minimum absolute atomic E-state index is 0. The summed E-state index contributed by atoms with van der Waals surface area (Å²) in [6.07, 6.45) is 4.79. The van der Waals surface area contributed by atoms with E-state index in [1.54, 1.807) is 21.3 Å². The normalized spacial score (nSPS) is 14.0. The van der Waals surface area contributed by atoms with E-state index in [-0.39, 0.29) is 19.9 Å². The van der Waals surface area contributed by atoms with Crippen LogP contribution in [0.5, 0.6) is 0 Å². The van der Waals surface area contributed by atoms with Gasteiger partial charge < -0.3 is 28.2 Å². The lowest BCUT2D eigenvalue weighted by molar-refractivity contribution is -0.652. The SMILES string of the molecule is C.CCC(C)(C)OC(=O)C[N+]1=CN(CCC[Si](OC)(OC)OC)CCC1.O=CO[O-]. The van der Waals surface area contributed by atoms with Gasteiger partial charge in [-0.3, -0.25) is 14.3 Å². The maximum Gasteiger partial charge on any atom is 0.500 e. The zero-order valence-electron chi connectivity index (χ0n) is 18.5. The Balaban J connectivity index is 0. The molecule has 1 aliphatic heterocycles. The molecular formula is C19H40N2O8Si. The van der Waals surface area contributed by atoms with E-state index in [4.69, 9.17) is 28.1 Å². The number of ether oxygens (including phenoxy) is 1. The summed E-state index contributed by atoms with van der Waals surface area (Å²) in [6.45, 7) is 8.77. The average Bonchev–Trinajstić information content (AvgIpc) is 2.71. The summed E-state index contributed by atoms with van der Waals surface area (Å²) in [4.78, 5) is 25.6. The largest absolute Gasteiger partial charge is 0.662 e. The summed E-state index contributed by atoms with van der Waals surface area (Å²) in [6, 6.07) is 0.771. The van der Waals surface area contributed by atoms with E-state index in [1.165, 1.54) is 0 Å². The second kappa shape index (κ2) is 16.2. The van der Waals surface area contributed by atoms with Crippen molar-refractivity contribution in [3.05, 3.63) is 0 Å². The van der Waals surface area contributed by atoms with E-state index >= 15 is 0 Å². The molecule has 178 valence electrons. The molecule has 10 nitrogen and oxygen atoms in total. The Kier molecular flexibility index (Phi) is 16.6. The molecule has 0 unspecified atom stereocenters. The van der Waals surface area contributed by atoms with Crippen molar-refractivity contribution in [2.45, 2.75) is 59.1 Å². The zero-order valence-corrected chi connectivity index (χ0v) is 19.5. The minimum Gasteiger partial charge on any atom is -0.662 e. The van der Waals surface area contributed by atoms with Crippen LogP contribution in [0.25, 0.3) is 0 Å². The third kappa shape index (κ3) is 12.2. The maximum atomic E-state index is 12.1. The van der Waals surface area contributed by atoms with Crippen molar-refractivity contribution in [1.29, 1.82) is 0 Å². The molecule has 1 rings (SSSR count). The van der Waals surface area contributed by atoms with Crippen molar-refractivity contribution in [3.63, 3.8) is 0 Å². The highest BCUT2D eigenvalue weighted by molar-refractivity contribution is 6.60. The van der Waals surface area contributed by atoms with Crippen molar-refractivity contribution in [2.24, 2.45) is 0 Å². The van der Waals surface area contributed by atoms with E-state index in [2.05, 4.69) is 9.79 Å². The summed E-state index contributed by atoms with van der Waals surface area (Å²) in [5.74, 6) is -0.172. The summed E-state index contributed by atoms with van der Waals surface area (Å²) < 4.78 is 23.9. The Hall–Kier alpha value is -1.53. The van der Waals surface area contributed by atoms with Gasteiger partial charge in [0.2, 0.25) is 6.34 Å². The van der Waals surface area contributed by atoms with Crippen LogP contribution >= 0.6 is 0 Å². The Morgan fingerprint density at radius 1 is 1.27 bits per heavy atom. The van der Waals surface area contributed by atoms with Crippen molar-refractivity contribution in [1.82, 2.24) is 4.90 Å². The van der Waals surface area contributed by atoms with Crippen molar-refractivity contribution in [3.8, 4) is 0 Å². The molecule has 0 saturated carbocycles. The van der Waals surface area contributed by atoms with Crippen molar-refractivity contribution < 1.29 is 42.3 Å². The molecule has 0 saturated heterocycles. The van der Waals surface area contributed by atoms with E-state index in [9.17, 15) is 4.79 Å². The van der Waals surface area contributed by atoms with Gasteiger partial charge in [-0.2, -0.15) is 0 Å². The van der Waals surface area contributed by atoms with Crippen LogP contribution < -0.4 is 5.26 Å². The highest BCUT2D eigenvalue weighted by atomic mass is 28.4. The van der Waals surface area contributed by atoms with E-state index in [0.717, 1.165) is 44.9 Å². The lowest BCUT2D eigenvalue weighted by Crippen LogP contribution is -2.44. The molecular weight excluding hydrogens is 412 g/mol. The van der Waals surface area contributed by atoms with Crippen molar-refractivity contribution >= 4 is 27.6 Å². The molecule has 1 aliphatic rings. The van der Waals surface area contributed by atoms with Crippen LogP contribution in [-0.4, -0.2) is 90.2 Å². The first-order chi connectivity index (χ1) is 13.7. The van der Waals surface area contributed by atoms with Gasteiger partial charge in [0.15, 0.2) is 6.54 Å². The second-order valence-electron chi connectivity index (χ2n) is 7.15.